The molecule has 0 bridgehead atoms. The lowest BCUT2D eigenvalue weighted by molar-refractivity contribution is 0.835. The molecular weight excluding hydrogens is 313 g/mol. The van der Waals surface area contributed by atoms with E-state index in [-0.39, 0.29) is 0 Å². The third-order valence-corrected chi connectivity index (χ3v) is 3.30. The molecule has 0 aromatic heterocycles. The molecule has 0 saturated heterocycles. The number of alkyl halides is 3. The minimum Gasteiger partial charge on any atom is -0.256 e. The Morgan fingerprint density at radius 1 is 1.00 bits per heavy atom. The molecule has 4 heteroatoms. The first-order valence-corrected chi connectivity index (χ1v) is 7.77. The van der Waals surface area contributed by atoms with Crippen LogP contribution in [0.2, 0.25) is 0 Å². The van der Waals surface area contributed by atoms with E-state index in [2.05, 4.69) is 50.9 Å². The van der Waals surface area contributed by atoms with Crippen LogP contribution in [0, 0.1) is 0 Å². The van der Waals surface area contributed by atoms with Crippen LogP contribution in [-0.4, -0.2) is 10.0 Å². The summed E-state index contributed by atoms with van der Waals surface area (Å²) in [5.41, 5.74) is 3.48. The molecule has 0 fully saturated rings. The fraction of sp³-hybridized carbons (Fsp3) is 0.438. The van der Waals surface area contributed by atoms with Gasteiger partial charge in [-0.05, 0) is 35.1 Å². The van der Waals surface area contributed by atoms with E-state index in [0.717, 1.165) is 5.69 Å². The van der Waals surface area contributed by atoms with Gasteiger partial charge < -0.3 is 0 Å². The molecule has 0 aliphatic rings. The fourth-order valence-corrected chi connectivity index (χ4v) is 2.15. The van der Waals surface area contributed by atoms with E-state index in [4.69, 9.17) is 34.8 Å². The zero-order valence-electron chi connectivity index (χ0n) is 12.2. The Bertz CT molecular complexity index is 471. The minimum atomic E-state index is -1.38. The molecule has 0 atom stereocenters. The maximum Gasteiger partial charge on any atom is 0.209 e. The summed E-state index contributed by atoms with van der Waals surface area (Å²) in [4.78, 5) is 4.56. The summed E-state index contributed by atoms with van der Waals surface area (Å²) < 4.78 is -1.38. The normalized spacial score (nSPS) is 13.2. The standard InChI is InChI=1S/C16H20Cl3N/c1-11(2)13-7-5-8-14(12(3)4)15(13)20-10-6-9-16(17,18)19/h5-12H,1-4H3/b9-6-,20-10?. The highest BCUT2D eigenvalue weighted by Crippen LogP contribution is 2.34. The number of halogens is 3. The van der Waals surface area contributed by atoms with E-state index >= 15 is 0 Å². The third kappa shape index (κ3) is 5.47. The average Bonchev–Trinajstić information content (AvgIpc) is 2.32. The second-order valence-corrected chi connectivity index (χ2v) is 7.64. The molecular formula is C16H20Cl3N. The number of hydrogen-bond acceptors (Lipinski definition) is 1. The van der Waals surface area contributed by atoms with E-state index in [1.807, 2.05) is 0 Å². The predicted octanol–water partition coefficient (Wildman–Crippen LogP) is 6.56. The number of rotatable bonds is 4. The molecule has 110 valence electrons. The number of para-hydroxylation sites is 1. The summed E-state index contributed by atoms with van der Waals surface area (Å²) in [5.74, 6) is 0.830. The number of benzene rings is 1. The average molecular weight is 333 g/mol. The predicted molar refractivity (Wildman–Crippen MR) is 92.2 cm³/mol. The van der Waals surface area contributed by atoms with Crippen molar-refractivity contribution >= 4 is 46.7 Å². The third-order valence-electron chi connectivity index (χ3n) is 2.92. The highest BCUT2D eigenvalue weighted by atomic mass is 35.6. The van der Waals surface area contributed by atoms with Crippen LogP contribution >= 0.6 is 34.8 Å². The lowest BCUT2D eigenvalue weighted by Crippen LogP contribution is -1.96. The van der Waals surface area contributed by atoms with Gasteiger partial charge in [0, 0.05) is 6.21 Å². The van der Waals surface area contributed by atoms with Crippen molar-refractivity contribution in [3.63, 3.8) is 0 Å². The van der Waals surface area contributed by atoms with E-state index in [1.54, 1.807) is 12.3 Å². The number of hydrogen-bond donors (Lipinski definition) is 0. The fourth-order valence-electron chi connectivity index (χ4n) is 1.93. The van der Waals surface area contributed by atoms with Crippen molar-refractivity contribution in [1.82, 2.24) is 0 Å². The maximum atomic E-state index is 5.66. The SMILES string of the molecule is CC(C)c1cccc(C(C)C)c1N=C/C=C\C(Cl)(Cl)Cl. The van der Waals surface area contributed by atoms with Crippen LogP contribution in [0.25, 0.3) is 0 Å². The molecule has 0 unspecified atom stereocenters. The molecule has 0 N–H and O–H groups in total. The minimum absolute atomic E-state index is 0.415. The van der Waals surface area contributed by atoms with Gasteiger partial charge in [0.05, 0.1) is 5.69 Å². The van der Waals surface area contributed by atoms with Gasteiger partial charge in [-0.15, -0.1) is 0 Å². The van der Waals surface area contributed by atoms with Crippen molar-refractivity contribution < 1.29 is 0 Å². The molecule has 0 amide bonds. The van der Waals surface area contributed by atoms with Gasteiger partial charge in [-0.25, -0.2) is 0 Å². The summed E-state index contributed by atoms with van der Waals surface area (Å²) in [6.07, 6.45) is 4.82. The van der Waals surface area contributed by atoms with Gasteiger partial charge in [0.2, 0.25) is 3.79 Å². The lowest BCUT2D eigenvalue weighted by Gasteiger charge is -2.16. The molecule has 1 aromatic carbocycles. The Hall–Kier alpha value is -0.500. The van der Waals surface area contributed by atoms with Crippen molar-refractivity contribution in [2.24, 2.45) is 4.99 Å². The van der Waals surface area contributed by atoms with E-state index in [1.165, 1.54) is 17.2 Å². The van der Waals surface area contributed by atoms with Crippen LogP contribution in [0.4, 0.5) is 5.69 Å². The molecule has 0 aliphatic carbocycles. The van der Waals surface area contributed by atoms with Crippen LogP contribution in [0.15, 0.2) is 35.3 Å². The molecule has 1 nitrogen and oxygen atoms in total. The molecule has 1 aromatic rings. The molecule has 0 aliphatic heterocycles. The Labute approximate surface area is 136 Å². The van der Waals surface area contributed by atoms with Gasteiger partial charge in [0.15, 0.2) is 0 Å². The number of nitrogens with zero attached hydrogens (tertiary/aromatic N) is 1. The quantitative estimate of drug-likeness (QED) is 0.437. The Morgan fingerprint density at radius 3 is 1.90 bits per heavy atom. The van der Waals surface area contributed by atoms with Gasteiger partial charge in [0.25, 0.3) is 0 Å². The maximum absolute atomic E-state index is 5.66. The van der Waals surface area contributed by atoms with Crippen molar-refractivity contribution in [3.05, 3.63) is 41.5 Å². The first-order chi connectivity index (χ1) is 9.22. The van der Waals surface area contributed by atoms with Crippen molar-refractivity contribution in [3.8, 4) is 0 Å². The second-order valence-electron chi connectivity index (χ2n) is 5.27. The Balaban J connectivity index is 3.14. The van der Waals surface area contributed by atoms with Crippen LogP contribution in [-0.2, 0) is 0 Å². The van der Waals surface area contributed by atoms with Gasteiger partial charge in [-0.1, -0.05) is 80.7 Å². The summed E-state index contributed by atoms with van der Waals surface area (Å²) in [7, 11) is 0. The molecule has 0 heterocycles. The molecule has 0 spiro atoms. The van der Waals surface area contributed by atoms with Crippen LogP contribution < -0.4 is 0 Å². The van der Waals surface area contributed by atoms with E-state index < -0.39 is 3.79 Å². The summed E-state index contributed by atoms with van der Waals surface area (Å²) in [6.45, 7) is 8.65. The Kier molecular flexibility index (Phi) is 6.57. The smallest absolute Gasteiger partial charge is 0.209 e. The molecule has 0 saturated carbocycles. The zero-order chi connectivity index (χ0) is 15.3. The van der Waals surface area contributed by atoms with Gasteiger partial charge in [-0.3, -0.25) is 4.99 Å². The second kappa shape index (κ2) is 7.49. The molecule has 20 heavy (non-hydrogen) atoms. The van der Waals surface area contributed by atoms with E-state index in [9.17, 15) is 0 Å². The van der Waals surface area contributed by atoms with Crippen molar-refractivity contribution in [2.45, 2.75) is 43.3 Å². The first kappa shape index (κ1) is 17.6. The van der Waals surface area contributed by atoms with Gasteiger partial charge in [-0.2, -0.15) is 0 Å². The van der Waals surface area contributed by atoms with Crippen LogP contribution in [0.1, 0.15) is 50.7 Å². The Morgan fingerprint density at radius 2 is 1.50 bits per heavy atom. The van der Waals surface area contributed by atoms with Crippen LogP contribution in [0.3, 0.4) is 0 Å². The summed E-state index contributed by atoms with van der Waals surface area (Å²) in [6, 6.07) is 6.31. The molecule has 0 radical (unpaired) electrons. The van der Waals surface area contributed by atoms with E-state index in [0.29, 0.717) is 11.8 Å². The monoisotopic (exact) mass is 331 g/mol. The number of allylic oxidation sites excluding steroid dienone is 2. The first-order valence-electron chi connectivity index (χ1n) is 6.63. The number of aliphatic imine (C=N–C) groups is 1. The summed E-state index contributed by atoms with van der Waals surface area (Å²) >= 11 is 17.0. The van der Waals surface area contributed by atoms with Crippen LogP contribution in [0.5, 0.6) is 0 Å². The largest absolute Gasteiger partial charge is 0.256 e. The van der Waals surface area contributed by atoms with Gasteiger partial charge in [0.1, 0.15) is 0 Å². The highest BCUT2D eigenvalue weighted by Gasteiger charge is 2.14. The highest BCUT2D eigenvalue weighted by molar-refractivity contribution is 6.69. The topological polar surface area (TPSA) is 12.4 Å². The lowest BCUT2D eigenvalue weighted by atomic mass is 9.93. The van der Waals surface area contributed by atoms with Gasteiger partial charge >= 0.3 is 0 Å². The van der Waals surface area contributed by atoms with Crippen molar-refractivity contribution in [2.75, 3.05) is 0 Å². The zero-order valence-corrected chi connectivity index (χ0v) is 14.5. The summed E-state index contributed by atoms with van der Waals surface area (Å²) in [5, 5.41) is 0. The van der Waals surface area contributed by atoms with Crippen molar-refractivity contribution in [1.29, 1.82) is 0 Å². The molecule has 1 rings (SSSR count).